The minimum Gasteiger partial charge on any atom is -0.480 e. The average molecular weight is 310 g/mol. The van der Waals surface area contributed by atoms with Crippen molar-refractivity contribution in [2.75, 3.05) is 13.1 Å². The first-order chi connectivity index (χ1) is 10.5. The van der Waals surface area contributed by atoms with Gasteiger partial charge in [0.05, 0.1) is 5.92 Å². The Morgan fingerprint density at radius 1 is 1.23 bits per heavy atom. The molecule has 6 heteroatoms. The number of hydrogen-bond donors (Lipinski definition) is 2. The number of carbonyl (C=O) groups excluding carboxylic acids is 2. The van der Waals surface area contributed by atoms with E-state index in [0.29, 0.717) is 32.4 Å². The number of nitrogens with one attached hydrogen (secondary N) is 1. The zero-order valence-electron chi connectivity index (χ0n) is 13.3. The van der Waals surface area contributed by atoms with Crippen molar-refractivity contribution in [3.8, 4) is 0 Å². The molecule has 0 aromatic heterocycles. The smallest absolute Gasteiger partial charge is 0.329 e. The number of rotatable bonds is 5. The second kappa shape index (κ2) is 7.11. The predicted molar refractivity (Wildman–Crippen MR) is 81.2 cm³/mol. The molecule has 22 heavy (non-hydrogen) atoms. The van der Waals surface area contributed by atoms with Crippen LogP contribution in [0.4, 0.5) is 0 Å². The van der Waals surface area contributed by atoms with Gasteiger partial charge in [-0.15, -0.1) is 0 Å². The third-order valence-corrected chi connectivity index (χ3v) is 4.84. The van der Waals surface area contributed by atoms with Crippen molar-refractivity contribution < 1.29 is 19.5 Å². The van der Waals surface area contributed by atoms with Gasteiger partial charge in [-0.3, -0.25) is 9.59 Å². The summed E-state index contributed by atoms with van der Waals surface area (Å²) < 4.78 is 0. The van der Waals surface area contributed by atoms with E-state index in [9.17, 15) is 19.5 Å². The SMILES string of the molecule is CCCC(=O)N1CCCC(C(=O)NC2(C(=O)O)CCCC2)C1. The van der Waals surface area contributed by atoms with Gasteiger partial charge in [-0.1, -0.05) is 19.8 Å². The third-order valence-electron chi connectivity index (χ3n) is 4.84. The zero-order valence-corrected chi connectivity index (χ0v) is 13.3. The molecule has 2 amide bonds. The van der Waals surface area contributed by atoms with Gasteiger partial charge >= 0.3 is 5.97 Å². The molecule has 0 bridgehead atoms. The number of likely N-dealkylation sites (tertiary alicyclic amines) is 1. The van der Waals surface area contributed by atoms with Gasteiger partial charge in [0.2, 0.25) is 11.8 Å². The highest BCUT2D eigenvalue weighted by Crippen LogP contribution is 2.31. The molecule has 0 aromatic carbocycles. The number of amides is 2. The Morgan fingerprint density at radius 3 is 2.50 bits per heavy atom. The molecule has 2 N–H and O–H groups in total. The molecule has 1 saturated carbocycles. The van der Waals surface area contributed by atoms with Crippen LogP contribution in [0.2, 0.25) is 0 Å². The number of carboxylic acid groups (broad SMARTS) is 1. The molecular formula is C16H26N2O4. The van der Waals surface area contributed by atoms with Crippen LogP contribution in [0.25, 0.3) is 0 Å². The lowest BCUT2D eigenvalue weighted by molar-refractivity contribution is -0.149. The molecule has 6 nitrogen and oxygen atoms in total. The van der Waals surface area contributed by atoms with E-state index in [0.717, 1.165) is 32.1 Å². The molecule has 1 saturated heterocycles. The number of carboxylic acids is 1. The maximum atomic E-state index is 12.5. The summed E-state index contributed by atoms with van der Waals surface area (Å²) in [6, 6.07) is 0. The fraction of sp³-hybridized carbons (Fsp3) is 0.812. The largest absolute Gasteiger partial charge is 0.480 e. The van der Waals surface area contributed by atoms with Gasteiger partial charge < -0.3 is 15.3 Å². The van der Waals surface area contributed by atoms with E-state index in [1.807, 2.05) is 6.92 Å². The van der Waals surface area contributed by atoms with Gasteiger partial charge in [-0.2, -0.15) is 0 Å². The van der Waals surface area contributed by atoms with Crippen LogP contribution in [0.3, 0.4) is 0 Å². The molecule has 124 valence electrons. The van der Waals surface area contributed by atoms with Gasteiger partial charge in [0.15, 0.2) is 0 Å². The maximum Gasteiger partial charge on any atom is 0.329 e. The number of hydrogen-bond acceptors (Lipinski definition) is 3. The Labute approximate surface area is 131 Å². The number of nitrogens with zero attached hydrogens (tertiary/aromatic N) is 1. The van der Waals surface area contributed by atoms with Crippen LogP contribution in [0.5, 0.6) is 0 Å². The van der Waals surface area contributed by atoms with Crippen molar-refractivity contribution in [1.29, 1.82) is 0 Å². The molecule has 1 atom stereocenters. The van der Waals surface area contributed by atoms with E-state index in [1.54, 1.807) is 4.90 Å². The van der Waals surface area contributed by atoms with E-state index in [1.165, 1.54) is 0 Å². The predicted octanol–water partition coefficient (Wildman–Crippen LogP) is 1.54. The Bertz CT molecular complexity index is 443. The highest BCUT2D eigenvalue weighted by molar-refractivity contribution is 5.89. The van der Waals surface area contributed by atoms with Gasteiger partial charge in [0, 0.05) is 19.5 Å². The first kappa shape index (κ1) is 16.8. The van der Waals surface area contributed by atoms with E-state index >= 15 is 0 Å². The fourth-order valence-corrected chi connectivity index (χ4v) is 3.50. The molecule has 1 unspecified atom stereocenters. The van der Waals surface area contributed by atoms with Crippen LogP contribution < -0.4 is 5.32 Å². The quantitative estimate of drug-likeness (QED) is 0.806. The Hall–Kier alpha value is -1.59. The Morgan fingerprint density at radius 2 is 1.91 bits per heavy atom. The second-order valence-corrected chi connectivity index (χ2v) is 6.51. The number of piperidine rings is 1. The van der Waals surface area contributed by atoms with Crippen LogP contribution in [-0.4, -0.2) is 46.4 Å². The van der Waals surface area contributed by atoms with Gasteiger partial charge in [0.25, 0.3) is 0 Å². The second-order valence-electron chi connectivity index (χ2n) is 6.51. The van der Waals surface area contributed by atoms with Crippen molar-refractivity contribution >= 4 is 17.8 Å². The Kier molecular flexibility index (Phi) is 5.42. The van der Waals surface area contributed by atoms with Gasteiger partial charge in [0.1, 0.15) is 5.54 Å². The molecule has 2 aliphatic rings. The molecule has 2 fully saturated rings. The van der Waals surface area contributed by atoms with E-state index < -0.39 is 11.5 Å². The summed E-state index contributed by atoms with van der Waals surface area (Å²) in [5, 5.41) is 12.2. The molecule has 2 rings (SSSR count). The van der Waals surface area contributed by atoms with E-state index in [2.05, 4.69) is 5.32 Å². The van der Waals surface area contributed by atoms with Gasteiger partial charge in [-0.05, 0) is 32.1 Å². The topological polar surface area (TPSA) is 86.7 Å². The fourth-order valence-electron chi connectivity index (χ4n) is 3.50. The molecule has 0 spiro atoms. The Balaban J connectivity index is 1.97. The highest BCUT2D eigenvalue weighted by Gasteiger charge is 2.44. The van der Waals surface area contributed by atoms with Crippen LogP contribution in [0, 0.1) is 5.92 Å². The van der Waals surface area contributed by atoms with Crippen molar-refractivity contribution in [2.24, 2.45) is 5.92 Å². The molecular weight excluding hydrogens is 284 g/mol. The summed E-state index contributed by atoms with van der Waals surface area (Å²) >= 11 is 0. The van der Waals surface area contributed by atoms with E-state index in [4.69, 9.17) is 0 Å². The maximum absolute atomic E-state index is 12.5. The van der Waals surface area contributed by atoms with Crippen molar-refractivity contribution in [3.63, 3.8) is 0 Å². The number of aliphatic carboxylic acids is 1. The van der Waals surface area contributed by atoms with Crippen molar-refractivity contribution in [1.82, 2.24) is 10.2 Å². The molecule has 0 radical (unpaired) electrons. The number of carbonyl (C=O) groups is 3. The van der Waals surface area contributed by atoms with Gasteiger partial charge in [-0.25, -0.2) is 4.79 Å². The lowest BCUT2D eigenvalue weighted by Crippen LogP contribution is -2.56. The normalized spacial score (nSPS) is 24.0. The third kappa shape index (κ3) is 3.59. The summed E-state index contributed by atoms with van der Waals surface area (Å²) in [6.45, 7) is 3.08. The molecule has 1 heterocycles. The van der Waals surface area contributed by atoms with Crippen LogP contribution in [0.1, 0.15) is 58.3 Å². The molecule has 1 aliphatic heterocycles. The minimum atomic E-state index is -1.09. The van der Waals surface area contributed by atoms with Crippen LogP contribution in [-0.2, 0) is 14.4 Å². The molecule has 1 aliphatic carbocycles. The summed E-state index contributed by atoms with van der Waals surface area (Å²) in [6.07, 6.45) is 5.49. The van der Waals surface area contributed by atoms with Crippen molar-refractivity contribution in [3.05, 3.63) is 0 Å². The van der Waals surface area contributed by atoms with Crippen molar-refractivity contribution in [2.45, 2.75) is 63.8 Å². The summed E-state index contributed by atoms with van der Waals surface area (Å²) in [4.78, 5) is 37.7. The lowest BCUT2D eigenvalue weighted by atomic mass is 9.92. The van der Waals surface area contributed by atoms with Crippen LogP contribution >= 0.6 is 0 Å². The lowest BCUT2D eigenvalue weighted by Gasteiger charge is -2.34. The zero-order chi connectivity index (χ0) is 16.2. The minimum absolute atomic E-state index is 0.0915. The summed E-state index contributed by atoms with van der Waals surface area (Å²) in [7, 11) is 0. The monoisotopic (exact) mass is 310 g/mol. The van der Waals surface area contributed by atoms with Crippen LogP contribution in [0.15, 0.2) is 0 Å². The highest BCUT2D eigenvalue weighted by atomic mass is 16.4. The first-order valence-electron chi connectivity index (χ1n) is 8.31. The first-order valence-corrected chi connectivity index (χ1v) is 8.31. The van der Waals surface area contributed by atoms with E-state index in [-0.39, 0.29) is 17.7 Å². The summed E-state index contributed by atoms with van der Waals surface area (Å²) in [5.41, 5.74) is -1.09. The average Bonchev–Trinajstić information content (AvgIpc) is 2.97. The molecule has 0 aromatic rings. The summed E-state index contributed by atoms with van der Waals surface area (Å²) in [5.74, 6) is -1.34. The standard InChI is InChI=1S/C16H26N2O4/c1-2-6-13(19)18-10-5-7-12(11-18)14(20)17-16(15(21)22)8-3-4-9-16/h12H,2-11H2,1H3,(H,17,20)(H,21,22).